The Hall–Kier alpha value is -0.770. The van der Waals surface area contributed by atoms with Gasteiger partial charge >= 0.3 is 6.09 Å². The summed E-state index contributed by atoms with van der Waals surface area (Å²) in [6.45, 7) is 6.37. The second-order valence-electron chi connectivity index (χ2n) is 6.01. The van der Waals surface area contributed by atoms with E-state index < -0.39 is 5.60 Å². The van der Waals surface area contributed by atoms with E-state index >= 15 is 0 Å². The van der Waals surface area contributed by atoms with E-state index in [1.165, 1.54) is 6.42 Å². The van der Waals surface area contributed by atoms with E-state index in [0.29, 0.717) is 0 Å². The standard InChI is InChI=1S/C13H26N2O2/c1-12(2,3)17-11(16)15-13(8-6-9-13)7-4-5-10-14/h4-10,14H2,1-3H3,(H,15,16). The Balaban J connectivity index is 2.38. The molecule has 0 aliphatic heterocycles. The molecule has 4 heteroatoms. The van der Waals surface area contributed by atoms with Crippen molar-refractivity contribution in [1.82, 2.24) is 5.32 Å². The fourth-order valence-corrected chi connectivity index (χ4v) is 2.17. The zero-order valence-electron chi connectivity index (χ0n) is 11.3. The Morgan fingerprint density at radius 3 is 2.41 bits per heavy atom. The number of ether oxygens (including phenoxy) is 1. The van der Waals surface area contributed by atoms with Gasteiger partial charge in [-0.1, -0.05) is 0 Å². The average molecular weight is 242 g/mol. The largest absolute Gasteiger partial charge is 0.444 e. The normalized spacial score (nSPS) is 18.4. The number of nitrogens with one attached hydrogen (secondary N) is 1. The van der Waals surface area contributed by atoms with Gasteiger partial charge in [0.2, 0.25) is 0 Å². The van der Waals surface area contributed by atoms with E-state index in [2.05, 4.69) is 5.32 Å². The lowest BCUT2D eigenvalue weighted by Crippen LogP contribution is -2.54. The van der Waals surface area contributed by atoms with E-state index in [0.717, 1.165) is 38.6 Å². The van der Waals surface area contributed by atoms with Gasteiger partial charge in [0, 0.05) is 5.54 Å². The molecule has 1 fully saturated rings. The molecular weight excluding hydrogens is 216 g/mol. The van der Waals surface area contributed by atoms with Gasteiger partial charge in [-0.25, -0.2) is 4.79 Å². The number of carbonyl (C=O) groups excluding carboxylic acids is 1. The molecule has 0 aromatic carbocycles. The lowest BCUT2D eigenvalue weighted by molar-refractivity contribution is 0.0367. The summed E-state index contributed by atoms with van der Waals surface area (Å²) in [6.07, 6.45) is 6.16. The van der Waals surface area contributed by atoms with Gasteiger partial charge in [0.05, 0.1) is 0 Å². The first-order chi connectivity index (χ1) is 7.87. The molecule has 4 nitrogen and oxygen atoms in total. The highest BCUT2D eigenvalue weighted by Crippen LogP contribution is 2.36. The molecule has 1 amide bonds. The van der Waals surface area contributed by atoms with Crippen molar-refractivity contribution in [1.29, 1.82) is 0 Å². The molecule has 1 aliphatic rings. The number of amides is 1. The minimum atomic E-state index is -0.424. The van der Waals surface area contributed by atoms with Crippen molar-refractivity contribution < 1.29 is 9.53 Å². The van der Waals surface area contributed by atoms with Crippen molar-refractivity contribution in [3.63, 3.8) is 0 Å². The van der Waals surface area contributed by atoms with Crippen LogP contribution < -0.4 is 11.1 Å². The molecule has 0 aromatic rings. The van der Waals surface area contributed by atoms with Crippen LogP contribution in [-0.2, 0) is 4.74 Å². The molecule has 0 bridgehead atoms. The predicted molar refractivity (Wildman–Crippen MR) is 68.9 cm³/mol. The average Bonchev–Trinajstić information content (AvgIpc) is 2.11. The number of rotatable bonds is 5. The molecule has 0 saturated heterocycles. The third kappa shape index (κ3) is 4.94. The van der Waals surface area contributed by atoms with Gasteiger partial charge in [-0.3, -0.25) is 0 Å². The predicted octanol–water partition coefficient (Wildman–Crippen LogP) is 2.56. The van der Waals surface area contributed by atoms with Crippen molar-refractivity contribution in [3.8, 4) is 0 Å². The van der Waals surface area contributed by atoms with Crippen LogP contribution in [0.2, 0.25) is 0 Å². The third-order valence-corrected chi connectivity index (χ3v) is 3.19. The van der Waals surface area contributed by atoms with E-state index in [1.807, 2.05) is 20.8 Å². The Labute approximate surface area is 104 Å². The monoisotopic (exact) mass is 242 g/mol. The minimum Gasteiger partial charge on any atom is -0.444 e. The summed E-state index contributed by atoms with van der Waals surface area (Å²) in [5.74, 6) is 0. The van der Waals surface area contributed by atoms with Crippen molar-refractivity contribution in [3.05, 3.63) is 0 Å². The Morgan fingerprint density at radius 2 is 2.00 bits per heavy atom. The molecule has 1 saturated carbocycles. The molecule has 100 valence electrons. The SMILES string of the molecule is CC(C)(C)OC(=O)NC1(CCCCN)CCC1. The molecule has 0 heterocycles. The molecule has 0 unspecified atom stereocenters. The second-order valence-corrected chi connectivity index (χ2v) is 6.01. The minimum absolute atomic E-state index is 0.0164. The van der Waals surface area contributed by atoms with Gasteiger partial charge in [0.1, 0.15) is 5.60 Å². The second kappa shape index (κ2) is 5.71. The van der Waals surface area contributed by atoms with E-state index in [-0.39, 0.29) is 11.6 Å². The highest BCUT2D eigenvalue weighted by Gasteiger charge is 2.38. The van der Waals surface area contributed by atoms with Gasteiger partial charge < -0.3 is 15.8 Å². The summed E-state index contributed by atoms with van der Waals surface area (Å²) in [6, 6.07) is 0. The zero-order chi connectivity index (χ0) is 12.9. The Morgan fingerprint density at radius 1 is 1.35 bits per heavy atom. The summed E-state index contributed by atoms with van der Waals surface area (Å²) in [4.78, 5) is 11.7. The summed E-state index contributed by atoms with van der Waals surface area (Å²) < 4.78 is 5.30. The van der Waals surface area contributed by atoms with Crippen LogP contribution in [0.15, 0.2) is 0 Å². The number of alkyl carbamates (subject to hydrolysis) is 1. The molecule has 0 atom stereocenters. The summed E-state index contributed by atoms with van der Waals surface area (Å²) in [5, 5.41) is 3.04. The summed E-state index contributed by atoms with van der Waals surface area (Å²) in [7, 11) is 0. The van der Waals surface area contributed by atoms with Crippen LogP contribution in [0.1, 0.15) is 59.3 Å². The van der Waals surface area contributed by atoms with Crippen LogP contribution in [0, 0.1) is 0 Å². The first-order valence-corrected chi connectivity index (χ1v) is 6.58. The molecule has 0 spiro atoms. The molecular formula is C13H26N2O2. The zero-order valence-corrected chi connectivity index (χ0v) is 11.3. The maximum atomic E-state index is 11.7. The summed E-state index contributed by atoms with van der Waals surface area (Å²) >= 11 is 0. The quantitative estimate of drug-likeness (QED) is 0.728. The number of nitrogens with two attached hydrogens (primary N) is 1. The van der Waals surface area contributed by atoms with Gasteiger partial charge in [-0.05, 0) is 65.8 Å². The summed E-state index contributed by atoms with van der Waals surface area (Å²) in [5.41, 5.74) is 5.05. The lowest BCUT2D eigenvalue weighted by Gasteiger charge is -2.43. The number of hydrogen-bond donors (Lipinski definition) is 2. The van der Waals surface area contributed by atoms with Crippen molar-refractivity contribution >= 4 is 6.09 Å². The first kappa shape index (κ1) is 14.3. The Kier molecular flexibility index (Phi) is 4.80. The van der Waals surface area contributed by atoms with Gasteiger partial charge in [-0.15, -0.1) is 0 Å². The van der Waals surface area contributed by atoms with Gasteiger partial charge in [0.15, 0.2) is 0 Å². The fourth-order valence-electron chi connectivity index (χ4n) is 2.17. The van der Waals surface area contributed by atoms with E-state index in [4.69, 9.17) is 10.5 Å². The highest BCUT2D eigenvalue weighted by molar-refractivity contribution is 5.69. The molecule has 0 aromatic heterocycles. The van der Waals surface area contributed by atoms with E-state index in [1.54, 1.807) is 0 Å². The maximum absolute atomic E-state index is 11.7. The molecule has 3 N–H and O–H groups in total. The number of carbonyl (C=O) groups is 1. The first-order valence-electron chi connectivity index (χ1n) is 6.58. The van der Waals surface area contributed by atoms with Crippen molar-refractivity contribution in [2.24, 2.45) is 5.73 Å². The molecule has 0 radical (unpaired) electrons. The Bertz CT molecular complexity index is 255. The molecule has 1 aliphatic carbocycles. The number of hydrogen-bond acceptors (Lipinski definition) is 3. The molecule has 17 heavy (non-hydrogen) atoms. The smallest absolute Gasteiger partial charge is 0.408 e. The fraction of sp³-hybridized carbons (Fsp3) is 0.923. The maximum Gasteiger partial charge on any atom is 0.408 e. The van der Waals surface area contributed by atoms with Crippen molar-refractivity contribution in [2.75, 3.05) is 6.54 Å². The van der Waals surface area contributed by atoms with Crippen LogP contribution in [0.25, 0.3) is 0 Å². The number of unbranched alkanes of at least 4 members (excludes halogenated alkanes) is 1. The van der Waals surface area contributed by atoms with Crippen molar-refractivity contribution in [2.45, 2.75) is 70.4 Å². The molecule has 1 rings (SSSR count). The van der Waals surface area contributed by atoms with E-state index in [9.17, 15) is 4.79 Å². The van der Waals surface area contributed by atoms with Crippen LogP contribution in [0.5, 0.6) is 0 Å². The van der Waals surface area contributed by atoms with Crippen LogP contribution >= 0.6 is 0 Å². The highest BCUT2D eigenvalue weighted by atomic mass is 16.6. The lowest BCUT2D eigenvalue weighted by atomic mass is 9.73. The van der Waals surface area contributed by atoms with Crippen LogP contribution in [0.4, 0.5) is 4.79 Å². The van der Waals surface area contributed by atoms with Gasteiger partial charge in [-0.2, -0.15) is 0 Å². The van der Waals surface area contributed by atoms with Crippen LogP contribution in [-0.4, -0.2) is 23.8 Å². The van der Waals surface area contributed by atoms with Gasteiger partial charge in [0.25, 0.3) is 0 Å². The topological polar surface area (TPSA) is 64.3 Å². The van der Waals surface area contributed by atoms with Crippen LogP contribution in [0.3, 0.4) is 0 Å². The third-order valence-electron chi connectivity index (χ3n) is 3.19.